The molecular formula is C17H17Cl2NO5S. The standard InChI is InChI=1S/C17H17Cl2NO5S/c1-16(2)11-9-10(7-8-12(11)20(3)15(21)25-16)17(19)13(18)5-4-6-14(17)26(22,23)24/h4-9,14H,1-3H3,(H,22,23,24). The highest BCUT2D eigenvalue weighted by molar-refractivity contribution is 7.86. The number of cyclic esters (lactones) is 1. The molecule has 2 aliphatic rings. The van der Waals surface area contributed by atoms with Crippen molar-refractivity contribution in [3.05, 3.63) is 52.6 Å². The van der Waals surface area contributed by atoms with Crippen LogP contribution in [0.25, 0.3) is 0 Å². The van der Waals surface area contributed by atoms with Gasteiger partial charge in [-0.15, -0.1) is 11.6 Å². The third-order valence-electron chi connectivity index (χ3n) is 4.63. The second-order valence-electron chi connectivity index (χ2n) is 6.72. The van der Waals surface area contributed by atoms with Gasteiger partial charge in [-0.25, -0.2) is 4.79 Å². The van der Waals surface area contributed by atoms with Gasteiger partial charge in [0.25, 0.3) is 10.1 Å². The lowest BCUT2D eigenvalue weighted by molar-refractivity contribution is 0.0361. The van der Waals surface area contributed by atoms with Gasteiger partial charge in [0.2, 0.25) is 0 Å². The maximum atomic E-state index is 12.0. The van der Waals surface area contributed by atoms with Crippen LogP contribution in [0.4, 0.5) is 10.5 Å². The number of rotatable bonds is 2. The molecule has 0 fully saturated rings. The molecule has 1 aliphatic heterocycles. The molecule has 1 aromatic carbocycles. The first-order valence-electron chi connectivity index (χ1n) is 7.70. The molecule has 3 rings (SSSR count). The van der Waals surface area contributed by atoms with Gasteiger partial charge in [-0.3, -0.25) is 9.45 Å². The number of amides is 1. The van der Waals surface area contributed by atoms with Crippen LogP contribution in [-0.4, -0.2) is 31.4 Å². The van der Waals surface area contributed by atoms with Crippen LogP contribution in [0, 0.1) is 0 Å². The number of hydrogen-bond donors (Lipinski definition) is 1. The smallest absolute Gasteiger partial charge is 0.414 e. The van der Waals surface area contributed by atoms with Crippen molar-refractivity contribution >= 4 is 45.1 Å². The molecule has 6 nitrogen and oxygen atoms in total. The topological polar surface area (TPSA) is 83.9 Å². The molecule has 0 spiro atoms. The van der Waals surface area contributed by atoms with E-state index in [4.69, 9.17) is 27.9 Å². The number of alkyl halides is 1. The summed E-state index contributed by atoms with van der Waals surface area (Å²) in [7, 11) is -2.95. The van der Waals surface area contributed by atoms with Gasteiger partial charge < -0.3 is 4.74 Å². The van der Waals surface area contributed by atoms with Crippen molar-refractivity contribution in [3.63, 3.8) is 0 Å². The van der Waals surface area contributed by atoms with Gasteiger partial charge in [-0.1, -0.05) is 29.8 Å². The van der Waals surface area contributed by atoms with Gasteiger partial charge in [0.1, 0.15) is 15.7 Å². The number of carbonyl (C=O) groups excluding carboxylic acids is 1. The Hall–Kier alpha value is -1.54. The van der Waals surface area contributed by atoms with Gasteiger partial charge in [0, 0.05) is 17.6 Å². The molecule has 2 atom stereocenters. The number of halogens is 2. The highest BCUT2D eigenvalue weighted by atomic mass is 35.5. The lowest BCUT2D eigenvalue weighted by atomic mass is 9.85. The van der Waals surface area contributed by atoms with E-state index in [-0.39, 0.29) is 5.03 Å². The van der Waals surface area contributed by atoms with E-state index in [9.17, 15) is 17.8 Å². The average molecular weight is 418 g/mol. The van der Waals surface area contributed by atoms with Crippen LogP contribution in [-0.2, 0) is 25.3 Å². The van der Waals surface area contributed by atoms with Gasteiger partial charge in [0.05, 0.1) is 5.69 Å². The predicted octanol–water partition coefficient (Wildman–Crippen LogP) is 3.89. The molecule has 0 saturated carbocycles. The molecule has 1 N–H and O–H groups in total. The first kappa shape index (κ1) is 19.2. The van der Waals surface area contributed by atoms with Crippen molar-refractivity contribution in [1.29, 1.82) is 0 Å². The largest absolute Gasteiger partial charge is 0.438 e. The molecular weight excluding hydrogens is 401 g/mol. The van der Waals surface area contributed by atoms with E-state index in [1.807, 2.05) is 0 Å². The van der Waals surface area contributed by atoms with Crippen LogP contribution in [0.3, 0.4) is 0 Å². The molecule has 1 heterocycles. The van der Waals surface area contributed by atoms with Crippen molar-refractivity contribution < 1.29 is 22.5 Å². The summed E-state index contributed by atoms with van der Waals surface area (Å²) >= 11 is 13.0. The number of carbonyl (C=O) groups is 1. The lowest BCUT2D eigenvalue weighted by Gasteiger charge is -2.39. The van der Waals surface area contributed by atoms with Crippen LogP contribution in [0.1, 0.15) is 25.0 Å². The van der Waals surface area contributed by atoms with E-state index in [0.29, 0.717) is 16.8 Å². The Kier molecular flexibility index (Phi) is 4.43. The summed E-state index contributed by atoms with van der Waals surface area (Å²) < 4.78 is 38.8. The molecule has 2 unspecified atom stereocenters. The SMILES string of the molecule is CN1C(=O)OC(C)(C)c2cc(C3(Cl)C(Cl)=CC=CC3S(=O)(=O)O)ccc21. The summed E-state index contributed by atoms with van der Waals surface area (Å²) in [6.45, 7) is 3.44. The number of benzene rings is 1. The molecule has 9 heteroatoms. The first-order valence-corrected chi connectivity index (χ1v) is 9.96. The van der Waals surface area contributed by atoms with Crippen LogP contribution >= 0.6 is 23.2 Å². The molecule has 0 radical (unpaired) electrons. The second kappa shape index (κ2) is 5.99. The minimum Gasteiger partial charge on any atom is -0.438 e. The zero-order chi connectivity index (χ0) is 19.5. The minimum atomic E-state index is -4.52. The zero-order valence-corrected chi connectivity index (χ0v) is 16.6. The average Bonchev–Trinajstić information content (AvgIpc) is 2.53. The zero-order valence-electron chi connectivity index (χ0n) is 14.2. The predicted molar refractivity (Wildman–Crippen MR) is 100 cm³/mol. The Balaban J connectivity index is 2.23. The molecule has 1 aromatic rings. The number of ether oxygens (including phenoxy) is 1. The molecule has 0 bridgehead atoms. The molecule has 0 saturated heterocycles. The Morgan fingerprint density at radius 1 is 1.31 bits per heavy atom. The van der Waals surface area contributed by atoms with Crippen LogP contribution in [0.5, 0.6) is 0 Å². The molecule has 0 aromatic heterocycles. The third kappa shape index (κ3) is 2.83. The van der Waals surface area contributed by atoms with Crippen molar-refractivity contribution in [2.24, 2.45) is 0 Å². The highest BCUT2D eigenvalue weighted by Gasteiger charge is 2.49. The van der Waals surface area contributed by atoms with Gasteiger partial charge in [-0.2, -0.15) is 8.42 Å². The highest BCUT2D eigenvalue weighted by Crippen LogP contribution is 2.49. The van der Waals surface area contributed by atoms with E-state index in [1.54, 1.807) is 39.1 Å². The summed E-state index contributed by atoms with van der Waals surface area (Å²) in [5.74, 6) is 0. The fourth-order valence-corrected chi connectivity index (χ4v) is 5.13. The lowest BCUT2D eigenvalue weighted by Crippen LogP contribution is -2.43. The Morgan fingerprint density at radius 2 is 1.96 bits per heavy atom. The molecule has 1 amide bonds. The Bertz CT molecular complexity index is 954. The summed E-state index contributed by atoms with van der Waals surface area (Å²) in [6.07, 6.45) is 3.70. The second-order valence-corrected chi connectivity index (χ2v) is 9.26. The van der Waals surface area contributed by atoms with Gasteiger partial charge in [-0.05, 0) is 37.6 Å². The maximum absolute atomic E-state index is 12.0. The molecule has 26 heavy (non-hydrogen) atoms. The summed E-state index contributed by atoms with van der Waals surface area (Å²) in [5, 5.41) is -1.40. The van der Waals surface area contributed by atoms with Crippen LogP contribution in [0.2, 0.25) is 0 Å². The molecule has 140 valence electrons. The van der Waals surface area contributed by atoms with Gasteiger partial charge >= 0.3 is 6.09 Å². The number of hydrogen-bond acceptors (Lipinski definition) is 4. The van der Waals surface area contributed by atoms with Crippen molar-refractivity contribution in [2.75, 3.05) is 11.9 Å². The number of nitrogens with zero attached hydrogens (tertiary/aromatic N) is 1. The Labute approximate surface area is 161 Å². The summed E-state index contributed by atoms with van der Waals surface area (Å²) in [6, 6.07) is 4.89. The number of anilines is 1. The van der Waals surface area contributed by atoms with Gasteiger partial charge in [0.15, 0.2) is 0 Å². The first-order chi connectivity index (χ1) is 11.9. The number of fused-ring (bicyclic) bond motifs is 1. The van der Waals surface area contributed by atoms with E-state index in [0.717, 1.165) is 0 Å². The monoisotopic (exact) mass is 417 g/mol. The fraction of sp³-hybridized carbons (Fsp3) is 0.353. The van der Waals surface area contributed by atoms with Crippen molar-refractivity contribution in [2.45, 2.75) is 29.6 Å². The maximum Gasteiger partial charge on any atom is 0.414 e. The minimum absolute atomic E-state index is 0.0585. The summed E-state index contributed by atoms with van der Waals surface area (Å²) in [4.78, 5) is 11.6. The van der Waals surface area contributed by atoms with E-state index in [1.165, 1.54) is 23.1 Å². The fourth-order valence-electron chi connectivity index (χ4n) is 3.21. The summed E-state index contributed by atoms with van der Waals surface area (Å²) in [5.41, 5.74) is 0.678. The normalized spacial score (nSPS) is 27.6. The van der Waals surface area contributed by atoms with E-state index in [2.05, 4.69) is 0 Å². The quantitative estimate of drug-likeness (QED) is 0.582. The third-order valence-corrected chi connectivity index (χ3v) is 7.09. The Morgan fingerprint density at radius 3 is 2.58 bits per heavy atom. The van der Waals surface area contributed by atoms with Crippen molar-refractivity contribution in [1.82, 2.24) is 0 Å². The van der Waals surface area contributed by atoms with E-state index >= 15 is 0 Å². The van der Waals surface area contributed by atoms with E-state index < -0.39 is 31.9 Å². The molecule has 1 aliphatic carbocycles. The number of allylic oxidation sites excluding steroid dienone is 3. The van der Waals surface area contributed by atoms with Crippen molar-refractivity contribution in [3.8, 4) is 0 Å². The van der Waals surface area contributed by atoms with Crippen LogP contribution < -0.4 is 4.90 Å². The van der Waals surface area contributed by atoms with Crippen LogP contribution in [0.15, 0.2) is 41.5 Å².